The zero-order chi connectivity index (χ0) is 22.6. The fourth-order valence-electron chi connectivity index (χ4n) is 2.79. The van der Waals surface area contributed by atoms with E-state index in [2.05, 4.69) is 5.32 Å². The maximum Gasteiger partial charge on any atom is 0.338 e. The summed E-state index contributed by atoms with van der Waals surface area (Å²) in [5.74, 6) is -3.82. The van der Waals surface area contributed by atoms with Crippen molar-refractivity contribution in [3.63, 3.8) is 0 Å². The molecule has 0 radical (unpaired) electrons. The van der Waals surface area contributed by atoms with Crippen molar-refractivity contribution < 1.29 is 36.3 Å². The summed E-state index contributed by atoms with van der Waals surface area (Å²) in [5, 5.41) is 2.36. The highest BCUT2D eigenvalue weighted by Gasteiger charge is 2.28. The Hall–Kier alpha value is -2.60. The van der Waals surface area contributed by atoms with E-state index >= 15 is 0 Å². The molecule has 0 unspecified atom stereocenters. The number of nitrogens with zero attached hydrogens (tertiary/aromatic N) is 1. The van der Waals surface area contributed by atoms with E-state index in [-0.39, 0.29) is 41.9 Å². The summed E-state index contributed by atoms with van der Waals surface area (Å²) in [6.45, 7) is 0.102. The van der Waals surface area contributed by atoms with Crippen LogP contribution in [-0.2, 0) is 24.3 Å². The van der Waals surface area contributed by atoms with Gasteiger partial charge in [0.15, 0.2) is 6.61 Å². The fourth-order valence-corrected chi connectivity index (χ4v) is 4.70. The number of sulfonamides is 1. The first kappa shape index (κ1) is 23.1. The lowest BCUT2D eigenvalue weighted by Crippen LogP contribution is -2.40. The Balaban J connectivity index is 1.66. The molecule has 1 aliphatic rings. The Morgan fingerprint density at radius 2 is 1.74 bits per heavy atom. The lowest BCUT2D eigenvalue weighted by Gasteiger charge is -2.26. The molecule has 2 aromatic rings. The summed E-state index contributed by atoms with van der Waals surface area (Å²) in [6.07, 6.45) is 0. The van der Waals surface area contributed by atoms with Crippen LogP contribution >= 0.6 is 11.6 Å². The minimum absolute atomic E-state index is 0.0240. The van der Waals surface area contributed by atoms with E-state index in [1.165, 1.54) is 22.5 Å². The van der Waals surface area contributed by atoms with Gasteiger partial charge in [0.1, 0.15) is 16.5 Å². The summed E-state index contributed by atoms with van der Waals surface area (Å²) < 4.78 is 63.1. The van der Waals surface area contributed by atoms with Gasteiger partial charge in [-0.25, -0.2) is 22.0 Å². The van der Waals surface area contributed by atoms with Crippen molar-refractivity contribution in [1.29, 1.82) is 0 Å². The zero-order valence-electron chi connectivity index (χ0n) is 15.9. The number of benzene rings is 2. The Kier molecular flexibility index (Phi) is 7.21. The molecule has 1 N–H and O–H groups in total. The maximum atomic E-state index is 13.2. The average Bonchev–Trinajstić information content (AvgIpc) is 2.73. The lowest BCUT2D eigenvalue weighted by molar-refractivity contribution is -0.119. The van der Waals surface area contributed by atoms with Gasteiger partial charge in [0.2, 0.25) is 10.0 Å². The monoisotopic (exact) mass is 474 g/mol. The highest BCUT2D eigenvalue weighted by Crippen LogP contribution is 2.28. The molecule has 166 valence electrons. The van der Waals surface area contributed by atoms with E-state index in [0.29, 0.717) is 6.07 Å². The summed E-state index contributed by atoms with van der Waals surface area (Å²) in [7, 11) is -3.91. The van der Waals surface area contributed by atoms with Crippen LogP contribution in [0.15, 0.2) is 41.3 Å². The van der Waals surface area contributed by atoms with Crippen molar-refractivity contribution in [2.24, 2.45) is 0 Å². The van der Waals surface area contributed by atoms with Gasteiger partial charge >= 0.3 is 5.97 Å². The predicted molar refractivity (Wildman–Crippen MR) is 106 cm³/mol. The minimum atomic E-state index is -3.91. The third-order valence-electron chi connectivity index (χ3n) is 4.24. The molecule has 0 spiro atoms. The quantitative estimate of drug-likeness (QED) is 0.645. The van der Waals surface area contributed by atoms with Gasteiger partial charge in [0.05, 0.1) is 23.8 Å². The van der Waals surface area contributed by atoms with Gasteiger partial charge < -0.3 is 14.8 Å². The Morgan fingerprint density at radius 1 is 1.10 bits per heavy atom. The van der Waals surface area contributed by atoms with Crippen LogP contribution in [0.5, 0.6) is 0 Å². The van der Waals surface area contributed by atoms with E-state index in [4.69, 9.17) is 21.1 Å². The van der Waals surface area contributed by atoms with Crippen LogP contribution in [0.25, 0.3) is 0 Å². The molecule has 0 atom stereocenters. The minimum Gasteiger partial charge on any atom is -0.452 e. The SMILES string of the molecule is O=C(COC(=O)c1cc(F)cc(F)c1)Nc1ccc(Cl)c(S(=O)(=O)N2CCOCC2)c1. The number of carbonyl (C=O) groups is 2. The molecular formula is C19H17ClF2N2O6S. The van der Waals surface area contributed by atoms with E-state index in [0.717, 1.165) is 12.1 Å². The fraction of sp³-hybridized carbons (Fsp3) is 0.263. The van der Waals surface area contributed by atoms with Gasteiger partial charge in [-0.3, -0.25) is 4.79 Å². The summed E-state index contributed by atoms with van der Waals surface area (Å²) >= 11 is 6.05. The van der Waals surface area contributed by atoms with E-state index in [1.807, 2.05) is 0 Å². The number of hydrogen-bond acceptors (Lipinski definition) is 6. The molecule has 1 heterocycles. The zero-order valence-corrected chi connectivity index (χ0v) is 17.5. The Labute approximate surface area is 181 Å². The number of amides is 1. The molecule has 0 aromatic heterocycles. The van der Waals surface area contributed by atoms with Gasteiger partial charge in [-0.1, -0.05) is 11.6 Å². The smallest absolute Gasteiger partial charge is 0.338 e. The first-order valence-corrected chi connectivity index (χ1v) is 10.8. The van der Waals surface area contributed by atoms with Crippen molar-refractivity contribution in [2.45, 2.75) is 4.90 Å². The summed E-state index contributed by atoms with van der Waals surface area (Å²) in [5.41, 5.74) is -0.287. The molecule has 1 saturated heterocycles. The van der Waals surface area contributed by atoms with E-state index < -0.39 is 45.7 Å². The standard InChI is InChI=1S/C19H17ClF2N2O6S/c20-16-2-1-15(10-17(16)31(27,28)24-3-5-29-6-4-24)23-18(25)11-30-19(26)12-7-13(21)9-14(22)8-12/h1-2,7-10H,3-6,11H2,(H,23,25). The van der Waals surface area contributed by atoms with Crippen LogP contribution in [0.1, 0.15) is 10.4 Å². The summed E-state index contributed by atoms with van der Waals surface area (Å²) in [6, 6.07) is 6.01. The van der Waals surface area contributed by atoms with Crippen molar-refractivity contribution in [2.75, 3.05) is 38.2 Å². The van der Waals surface area contributed by atoms with Crippen molar-refractivity contribution in [3.8, 4) is 0 Å². The second-order valence-electron chi connectivity index (χ2n) is 6.44. The number of ether oxygens (including phenoxy) is 2. The lowest BCUT2D eigenvalue weighted by atomic mass is 10.2. The number of esters is 1. The van der Waals surface area contributed by atoms with E-state index in [1.54, 1.807) is 0 Å². The van der Waals surface area contributed by atoms with Crippen LogP contribution < -0.4 is 5.32 Å². The van der Waals surface area contributed by atoms with Crippen LogP contribution in [0.3, 0.4) is 0 Å². The van der Waals surface area contributed by atoms with Gasteiger partial charge in [-0.15, -0.1) is 0 Å². The second-order valence-corrected chi connectivity index (χ2v) is 8.76. The first-order chi connectivity index (χ1) is 14.7. The van der Waals surface area contributed by atoms with Gasteiger partial charge in [-0.2, -0.15) is 4.31 Å². The van der Waals surface area contributed by atoms with Gasteiger partial charge in [0.25, 0.3) is 5.91 Å². The molecule has 2 aromatic carbocycles. The van der Waals surface area contributed by atoms with Crippen molar-refractivity contribution in [3.05, 3.63) is 58.6 Å². The molecule has 0 saturated carbocycles. The number of hydrogen-bond donors (Lipinski definition) is 1. The van der Waals surface area contributed by atoms with Crippen molar-refractivity contribution in [1.82, 2.24) is 4.31 Å². The predicted octanol–water partition coefficient (Wildman–Crippen LogP) is 2.43. The second kappa shape index (κ2) is 9.69. The van der Waals surface area contributed by atoms with Crippen LogP contribution in [0.2, 0.25) is 5.02 Å². The molecular weight excluding hydrogens is 458 g/mol. The van der Waals surface area contributed by atoms with E-state index in [9.17, 15) is 26.8 Å². The number of rotatable bonds is 6. The van der Waals surface area contributed by atoms with Crippen LogP contribution in [0.4, 0.5) is 14.5 Å². The summed E-state index contributed by atoms with van der Waals surface area (Å²) in [4.78, 5) is 23.8. The molecule has 0 bridgehead atoms. The number of nitrogens with one attached hydrogen (secondary N) is 1. The number of halogens is 3. The molecule has 1 fully saturated rings. The number of morpholine rings is 1. The van der Waals surface area contributed by atoms with Crippen LogP contribution in [0, 0.1) is 11.6 Å². The third kappa shape index (κ3) is 5.76. The molecule has 1 amide bonds. The largest absolute Gasteiger partial charge is 0.452 e. The molecule has 8 nitrogen and oxygen atoms in total. The normalized spacial score (nSPS) is 14.8. The Bertz CT molecular complexity index is 1090. The first-order valence-electron chi connectivity index (χ1n) is 8.97. The molecule has 1 aliphatic heterocycles. The third-order valence-corrected chi connectivity index (χ3v) is 6.62. The van der Waals surface area contributed by atoms with Crippen molar-refractivity contribution >= 4 is 39.2 Å². The average molecular weight is 475 g/mol. The highest BCUT2D eigenvalue weighted by atomic mass is 35.5. The molecule has 3 rings (SSSR count). The van der Waals surface area contributed by atoms with Gasteiger partial charge in [0, 0.05) is 24.8 Å². The van der Waals surface area contributed by atoms with Gasteiger partial charge in [-0.05, 0) is 30.3 Å². The molecule has 12 heteroatoms. The number of anilines is 1. The highest BCUT2D eigenvalue weighted by molar-refractivity contribution is 7.89. The maximum absolute atomic E-state index is 13.2. The topological polar surface area (TPSA) is 102 Å². The molecule has 31 heavy (non-hydrogen) atoms. The Morgan fingerprint density at radius 3 is 2.39 bits per heavy atom. The molecule has 0 aliphatic carbocycles. The number of carbonyl (C=O) groups excluding carboxylic acids is 2. The van der Waals surface area contributed by atoms with Crippen LogP contribution in [-0.4, -0.2) is 57.5 Å².